The summed E-state index contributed by atoms with van der Waals surface area (Å²) in [7, 11) is 0. The Kier molecular flexibility index (Phi) is 5.44. The smallest absolute Gasteiger partial charge is 0.298 e. The van der Waals surface area contributed by atoms with E-state index in [4.69, 9.17) is 0 Å². The highest BCUT2D eigenvalue weighted by atomic mass is 16.3. The molecule has 2 heterocycles. The molecule has 7 heteroatoms. The molecule has 2 rings (SSSR count). The third kappa shape index (κ3) is 3.63. The van der Waals surface area contributed by atoms with Crippen LogP contribution in [0.1, 0.15) is 25.7 Å². The second-order valence-electron chi connectivity index (χ2n) is 4.31. The quantitative estimate of drug-likeness (QED) is 0.624. The monoisotopic (exact) mass is 254 g/mol. The van der Waals surface area contributed by atoms with E-state index in [0.29, 0.717) is 12.2 Å². The molecule has 1 aliphatic rings. The number of likely N-dealkylation sites (tertiary alicyclic amines) is 1. The van der Waals surface area contributed by atoms with Crippen LogP contribution in [-0.4, -0.2) is 34.4 Å². The highest BCUT2D eigenvalue weighted by Gasteiger charge is 2.17. The summed E-state index contributed by atoms with van der Waals surface area (Å²) < 4.78 is 1.84. The lowest BCUT2D eigenvalue weighted by molar-refractivity contribution is -0.695. The van der Waals surface area contributed by atoms with Crippen molar-refractivity contribution in [3.63, 3.8) is 0 Å². The number of hydrogen-bond donors (Lipinski definition) is 1. The molecule has 2 N–H and O–H groups in total. The van der Waals surface area contributed by atoms with Crippen LogP contribution in [0.2, 0.25) is 0 Å². The van der Waals surface area contributed by atoms with E-state index >= 15 is 0 Å². The van der Waals surface area contributed by atoms with Crippen LogP contribution in [0, 0.1) is 4.91 Å². The van der Waals surface area contributed by atoms with Crippen molar-refractivity contribution in [2.75, 3.05) is 13.1 Å². The first-order valence-electron chi connectivity index (χ1n) is 5.98. The van der Waals surface area contributed by atoms with E-state index in [1.165, 1.54) is 0 Å². The zero-order valence-electron chi connectivity index (χ0n) is 10.2. The van der Waals surface area contributed by atoms with Crippen molar-refractivity contribution >= 4 is 11.7 Å². The van der Waals surface area contributed by atoms with Crippen LogP contribution in [0.3, 0.4) is 0 Å². The molecule has 0 unspecified atom stereocenters. The molecule has 0 radical (unpaired) electrons. The maximum Gasteiger partial charge on any atom is 0.298 e. The number of imidazole rings is 1. The van der Waals surface area contributed by atoms with E-state index in [-0.39, 0.29) is 11.4 Å². The first-order valence-corrected chi connectivity index (χ1v) is 5.98. The Balaban J connectivity index is 0.00000162. The van der Waals surface area contributed by atoms with Gasteiger partial charge >= 0.3 is 0 Å². The molecule has 0 bridgehead atoms. The van der Waals surface area contributed by atoms with Crippen LogP contribution in [0.25, 0.3) is 0 Å². The van der Waals surface area contributed by atoms with Gasteiger partial charge in [0.05, 0.1) is 6.54 Å². The van der Waals surface area contributed by atoms with Gasteiger partial charge in [-0.15, -0.1) is 4.91 Å². The Labute approximate surface area is 105 Å². The van der Waals surface area contributed by atoms with Gasteiger partial charge in [-0.3, -0.25) is 4.79 Å². The van der Waals surface area contributed by atoms with Crippen molar-refractivity contribution in [3.8, 4) is 0 Å². The third-order valence-electron chi connectivity index (χ3n) is 3.03. The number of aromatic amines is 1. The molecule has 1 aliphatic heterocycles. The molecule has 0 aromatic carbocycles. The van der Waals surface area contributed by atoms with Gasteiger partial charge in [0.25, 0.3) is 5.82 Å². The molecule has 1 saturated heterocycles. The van der Waals surface area contributed by atoms with Gasteiger partial charge < -0.3 is 10.4 Å². The molecule has 1 aromatic heterocycles. The van der Waals surface area contributed by atoms with Crippen molar-refractivity contribution in [1.29, 1.82) is 0 Å². The van der Waals surface area contributed by atoms with E-state index in [1.807, 2.05) is 9.47 Å². The van der Waals surface area contributed by atoms with Crippen molar-refractivity contribution in [3.05, 3.63) is 17.4 Å². The number of nitroso groups, excluding NO2 is 1. The molecule has 100 valence electrons. The van der Waals surface area contributed by atoms with Crippen LogP contribution in [0.15, 0.2) is 17.7 Å². The maximum absolute atomic E-state index is 11.7. The zero-order chi connectivity index (χ0) is 12.1. The van der Waals surface area contributed by atoms with E-state index in [9.17, 15) is 9.70 Å². The minimum absolute atomic E-state index is 0. The average Bonchev–Trinajstić information content (AvgIpc) is 3.00. The standard InChI is InChI=1S/C11H16N4O2.H2O/c16-11(15-6-1-2-7-15)4-3-5-14-8-10(13-17)12-9-14;/h8-9H,1-7H2;1H2. The number of nitrogens with one attached hydrogen (secondary N) is 1. The lowest BCUT2D eigenvalue weighted by Crippen LogP contribution is -2.32. The van der Waals surface area contributed by atoms with Crippen molar-refractivity contribution < 1.29 is 14.8 Å². The summed E-state index contributed by atoms with van der Waals surface area (Å²) in [6.45, 7) is 2.55. The minimum atomic E-state index is 0. The van der Waals surface area contributed by atoms with E-state index in [1.54, 1.807) is 12.5 Å². The zero-order valence-corrected chi connectivity index (χ0v) is 10.2. The van der Waals surface area contributed by atoms with Crippen LogP contribution < -0.4 is 4.57 Å². The molecule has 18 heavy (non-hydrogen) atoms. The lowest BCUT2D eigenvalue weighted by Gasteiger charge is -2.14. The average molecular weight is 254 g/mol. The SMILES string of the molecule is O=Nc1c[n+](CCCC(=O)N2CCCC2)c[nH]1.[OH-]. The minimum Gasteiger partial charge on any atom is -0.870 e. The largest absolute Gasteiger partial charge is 0.870 e. The Morgan fingerprint density at radius 2 is 2.17 bits per heavy atom. The molecule has 0 aliphatic carbocycles. The van der Waals surface area contributed by atoms with E-state index in [2.05, 4.69) is 10.2 Å². The molecule has 7 nitrogen and oxygen atoms in total. The number of H-pyrrole nitrogens is 1. The van der Waals surface area contributed by atoms with Crippen molar-refractivity contribution in [2.24, 2.45) is 5.18 Å². The van der Waals surface area contributed by atoms with Gasteiger partial charge in [0, 0.05) is 24.7 Å². The summed E-state index contributed by atoms with van der Waals surface area (Å²) in [6, 6.07) is 0. The van der Waals surface area contributed by atoms with Gasteiger partial charge in [-0.2, -0.15) is 0 Å². The Bertz CT molecular complexity index is 399. The van der Waals surface area contributed by atoms with Crippen molar-refractivity contribution in [1.82, 2.24) is 9.88 Å². The molecular formula is C11H18N4O3. The summed E-state index contributed by atoms with van der Waals surface area (Å²) >= 11 is 0. The van der Waals surface area contributed by atoms with Crippen molar-refractivity contribution in [2.45, 2.75) is 32.2 Å². The second kappa shape index (κ2) is 6.85. The van der Waals surface area contributed by atoms with Gasteiger partial charge in [0.1, 0.15) is 0 Å². The van der Waals surface area contributed by atoms with Crippen LogP contribution in [-0.2, 0) is 11.3 Å². The van der Waals surface area contributed by atoms with Gasteiger partial charge in [-0.25, -0.2) is 9.55 Å². The Hall–Kier alpha value is -1.76. The lowest BCUT2D eigenvalue weighted by atomic mass is 10.3. The fraction of sp³-hybridized carbons (Fsp3) is 0.636. The van der Waals surface area contributed by atoms with Gasteiger partial charge in [0.2, 0.25) is 12.2 Å². The molecular weight excluding hydrogens is 236 g/mol. The van der Waals surface area contributed by atoms with Crippen LogP contribution in [0.4, 0.5) is 5.82 Å². The van der Waals surface area contributed by atoms with E-state index < -0.39 is 0 Å². The number of aromatic nitrogens is 2. The predicted molar refractivity (Wildman–Crippen MR) is 63.4 cm³/mol. The highest BCUT2D eigenvalue weighted by molar-refractivity contribution is 5.76. The predicted octanol–water partition coefficient (Wildman–Crippen LogP) is 0.926. The Morgan fingerprint density at radius 3 is 2.78 bits per heavy atom. The van der Waals surface area contributed by atoms with Gasteiger partial charge in [-0.05, 0) is 19.3 Å². The van der Waals surface area contributed by atoms with Gasteiger partial charge in [0.15, 0.2) is 6.20 Å². The fourth-order valence-electron chi connectivity index (χ4n) is 2.10. The number of hydrogen-bond acceptors (Lipinski definition) is 4. The topological polar surface area (TPSA) is 99.4 Å². The molecule has 1 fully saturated rings. The number of carbonyl (C=O) groups excluding carboxylic acids is 1. The molecule has 1 aromatic rings. The first kappa shape index (κ1) is 14.3. The van der Waals surface area contributed by atoms with E-state index in [0.717, 1.165) is 38.9 Å². The first-order chi connectivity index (χ1) is 8.29. The summed E-state index contributed by atoms with van der Waals surface area (Å²) in [5, 5.41) is 2.80. The number of amides is 1. The number of carbonyl (C=O) groups is 1. The second-order valence-corrected chi connectivity index (χ2v) is 4.31. The van der Waals surface area contributed by atoms with Gasteiger partial charge in [-0.1, -0.05) is 0 Å². The Morgan fingerprint density at radius 1 is 1.44 bits per heavy atom. The molecule has 1 amide bonds. The molecule has 0 saturated carbocycles. The van der Waals surface area contributed by atoms with Crippen LogP contribution in [0.5, 0.6) is 0 Å². The number of nitrogens with zero attached hydrogens (tertiary/aromatic N) is 3. The summed E-state index contributed by atoms with van der Waals surface area (Å²) in [6.07, 6.45) is 6.96. The van der Waals surface area contributed by atoms with Crippen LogP contribution >= 0.6 is 0 Å². The number of rotatable bonds is 5. The summed E-state index contributed by atoms with van der Waals surface area (Å²) in [4.78, 5) is 26.6. The molecule has 0 spiro atoms. The summed E-state index contributed by atoms with van der Waals surface area (Å²) in [5.41, 5.74) is 0. The normalized spacial score (nSPS) is 14.3. The third-order valence-corrected chi connectivity index (χ3v) is 3.03. The number of aryl methyl sites for hydroxylation is 1. The maximum atomic E-state index is 11.7. The molecule has 0 atom stereocenters. The highest BCUT2D eigenvalue weighted by Crippen LogP contribution is 2.09. The summed E-state index contributed by atoms with van der Waals surface area (Å²) in [5.74, 6) is 0.559. The fourth-order valence-corrected chi connectivity index (χ4v) is 2.10.